The molecule has 2 aliphatic carbocycles. The number of rotatable bonds is 5. The second kappa shape index (κ2) is 12.5. The Morgan fingerprint density at radius 1 is 0.351 bits per heavy atom. The van der Waals surface area contributed by atoms with Crippen molar-refractivity contribution in [3.8, 4) is 44.5 Å². The van der Waals surface area contributed by atoms with Crippen molar-refractivity contribution in [1.82, 2.24) is 0 Å². The molecule has 0 saturated carbocycles. The molecule has 9 aromatic carbocycles. The van der Waals surface area contributed by atoms with E-state index in [4.69, 9.17) is 0 Å². The van der Waals surface area contributed by atoms with Crippen molar-refractivity contribution in [2.24, 2.45) is 0 Å². The topological polar surface area (TPSA) is 3.24 Å². The van der Waals surface area contributed by atoms with Crippen LogP contribution in [0.2, 0.25) is 0 Å². The van der Waals surface area contributed by atoms with E-state index in [1.807, 2.05) is 11.3 Å². The second-order valence-electron chi connectivity index (χ2n) is 15.1. The first-order valence-electron chi connectivity index (χ1n) is 19.7. The highest BCUT2D eigenvalue weighted by atomic mass is 32.1. The van der Waals surface area contributed by atoms with Crippen LogP contribution in [0.3, 0.4) is 0 Å². The Morgan fingerprint density at radius 2 is 0.860 bits per heavy atom. The Bertz CT molecular complexity index is 3130. The zero-order chi connectivity index (χ0) is 37.5. The van der Waals surface area contributed by atoms with Gasteiger partial charge in [0.15, 0.2) is 0 Å². The molecule has 2 heteroatoms. The monoisotopic (exact) mass is 741 g/mol. The third-order valence-electron chi connectivity index (χ3n) is 12.3. The zero-order valence-electron chi connectivity index (χ0n) is 31.1. The van der Waals surface area contributed by atoms with Crippen molar-refractivity contribution < 1.29 is 0 Å². The summed E-state index contributed by atoms with van der Waals surface area (Å²) < 4.78 is 2.58. The molecule has 0 bridgehead atoms. The normalized spacial score (nSPS) is 13.1. The van der Waals surface area contributed by atoms with Crippen LogP contribution in [0.5, 0.6) is 0 Å². The van der Waals surface area contributed by atoms with Gasteiger partial charge in [-0.25, -0.2) is 0 Å². The summed E-state index contributed by atoms with van der Waals surface area (Å²) >= 11 is 1.87. The fourth-order valence-electron chi connectivity index (χ4n) is 10.1. The van der Waals surface area contributed by atoms with E-state index in [1.54, 1.807) is 0 Å². The molecule has 1 heterocycles. The smallest absolute Gasteiger partial charge is 0.0746 e. The molecule has 1 spiro atoms. The van der Waals surface area contributed by atoms with Crippen molar-refractivity contribution in [3.05, 3.63) is 235 Å². The van der Waals surface area contributed by atoms with E-state index in [2.05, 4.69) is 217 Å². The molecule has 0 fully saturated rings. The van der Waals surface area contributed by atoms with Gasteiger partial charge in [-0.1, -0.05) is 176 Å². The van der Waals surface area contributed by atoms with Gasteiger partial charge in [0.2, 0.25) is 0 Å². The molecule has 2 aliphatic rings. The van der Waals surface area contributed by atoms with E-state index in [0.29, 0.717) is 0 Å². The van der Waals surface area contributed by atoms with E-state index in [9.17, 15) is 0 Å². The number of fused-ring (bicyclic) bond motifs is 13. The van der Waals surface area contributed by atoms with Crippen LogP contribution in [0.4, 0.5) is 17.1 Å². The average Bonchev–Trinajstić information content (AvgIpc) is 3.92. The van der Waals surface area contributed by atoms with E-state index < -0.39 is 5.41 Å². The molecule has 1 nitrogen and oxygen atoms in total. The predicted octanol–water partition coefficient (Wildman–Crippen LogP) is 15.2. The van der Waals surface area contributed by atoms with Crippen LogP contribution in [0.25, 0.3) is 64.7 Å². The lowest BCUT2D eigenvalue weighted by atomic mass is 9.70. The quantitative estimate of drug-likeness (QED) is 0.170. The van der Waals surface area contributed by atoms with E-state index >= 15 is 0 Å². The summed E-state index contributed by atoms with van der Waals surface area (Å²) in [4.78, 5) is 2.58. The van der Waals surface area contributed by atoms with Crippen LogP contribution in [0, 0.1) is 0 Å². The molecular formula is C55H35NS. The predicted molar refractivity (Wildman–Crippen MR) is 241 cm³/mol. The minimum absolute atomic E-state index is 0.509. The Balaban J connectivity index is 1.22. The summed E-state index contributed by atoms with van der Waals surface area (Å²) in [5, 5.41) is 2.56. The third-order valence-corrected chi connectivity index (χ3v) is 13.4. The van der Waals surface area contributed by atoms with Gasteiger partial charge in [0.25, 0.3) is 0 Å². The van der Waals surface area contributed by atoms with Crippen LogP contribution < -0.4 is 4.90 Å². The molecular weight excluding hydrogens is 707 g/mol. The summed E-state index contributed by atoms with van der Waals surface area (Å²) in [6, 6.07) is 78.8. The van der Waals surface area contributed by atoms with Crippen LogP contribution in [0.15, 0.2) is 212 Å². The lowest BCUT2D eigenvalue weighted by molar-refractivity contribution is 0.793. The zero-order valence-corrected chi connectivity index (χ0v) is 31.9. The molecule has 12 rings (SSSR count). The Kier molecular flexibility index (Phi) is 7.08. The van der Waals surface area contributed by atoms with Gasteiger partial charge in [-0.15, -0.1) is 11.3 Å². The molecule has 0 unspecified atom stereocenters. The molecule has 0 aliphatic heterocycles. The van der Waals surface area contributed by atoms with Crippen molar-refractivity contribution >= 4 is 48.6 Å². The molecule has 10 aromatic rings. The molecule has 0 atom stereocenters. The van der Waals surface area contributed by atoms with E-state index in [0.717, 1.165) is 5.69 Å². The number of hydrogen-bond donors (Lipinski definition) is 0. The minimum atomic E-state index is -0.509. The van der Waals surface area contributed by atoms with E-state index in [-0.39, 0.29) is 0 Å². The highest BCUT2D eigenvalue weighted by molar-refractivity contribution is 7.26. The molecule has 0 N–H and O–H groups in total. The van der Waals surface area contributed by atoms with Gasteiger partial charge in [0.1, 0.15) is 0 Å². The Labute approximate surface area is 336 Å². The molecule has 57 heavy (non-hydrogen) atoms. The first-order valence-corrected chi connectivity index (χ1v) is 20.5. The summed E-state index contributed by atoms with van der Waals surface area (Å²) in [6.07, 6.45) is 0. The SMILES string of the molecule is c1ccc(-c2ccc(N(c3cccc4c3C3(c5ccccc5-c5ccccc53)c3ccccc3-4)c3cccc4sc5ccccc5c34)cc2-c2ccccc2)cc1. The lowest BCUT2D eigenvalue weighted by Gasteiger charge is -2.36. The highest BCUT2D eigenvalue weighted by Gasteiger charge is 2.53. The number of thiophene rings is 1. The van der Waals surface area contributed by atoms with Crippen LogP contribution in [-0.4, -0.2) is 0 Å². The first kappa shape index (κ1) is 32.3. The highest BCUT2D eigenvalue weighted by Crippen LogP contribution is 2.65. The van der Waals surface area contributed by atoms with Crippen molar-refractivity contribution in [2.75, 3.05) is 4.90 Å². The van der Waals surface area contributed by atoms with Gasteiger partial charge in [-0.2, -0.15) is 0 Å². The van der Waals surface area contributed by atoms with Crippen LogP contribution in [-0.2, 0) is 5.41 Å². The number of hydrogen-bond acceptors (Lipinski definition) is 2. The molecule has 0 amide bonds. The molecule has 0 saturated heterocycles. The van der Waals surface area contributed by atoms with Gasteiger partial charge < -0.3 is 4.90 Å². The number of benzene rings is 9. The number of anilines is 3. The molecule has 266 valence electrons. The van der Waals surface area contributed by atoms with Crippen molar-refractivity contribution in [3.63, 3.8) is 0 Å². The fraction of sp³-hybridized carbons (Fsp3) is 0.0182. The van der Waals surface area contributed by atoms with E-state index in [1.165, 1.54) is 98.3 Å². The minimum Gasteiger partial charge on any atom is -0.309 e. The van der Waals surface area contributed by atoms with Gasteiger partial charge in [0.05, 0.1) is 16.8 Å². The fourth-order valence-corrected chi connectivity index (χ4v) is 11.2. The van der Waals surface area contributed by atoms with Gasteiger partial charge >= 0.3 is 0 Å². The summed E-state index contributed by atoms with van der Waals surface area (Å²) in [6.45, 7) is 0. The van der Waals surface area contributed by atoms with Gasteiger partial charge in [-0.3, -0.25) is 0 Å². The second-order valence-corrected chi connectivity index (χ2v) is 16.2. The molecule has 1 aromatic heterocycles. The van der Waals surface area contributed by atoms with Crippen molar-refractivity contribution in [1.29, 1.82) is 0 Å². The Hall–Kier alpha value is -7.00. The lowest BCUT2D eigenvalue weighted by Crippen LogP contribution is -2.28. The van der Waals surface area contributed by atoms with Crippen LogP contribution >= 0.6 is 11.3 Å². The summed E-state index contributed by atoms with van der Waals surface area (Å²) in [5.41, 5.74) is 18.3. The molecule has 0 radical (unpaired) electrons. The van der Waals surface area contributed by atoms with Crippen molar-refractivity contribution in [2.45, 2.75) is 5.41 Å². The van der Waals surface area contributed by atoms with Gasteiger partial charge in [-0.05, 0) is 97.6 Å². The maximum absolute atomic E-state index is 2.58. The Morgan fingerprint density at radius 3 is 1.54 bits per heavy atom. The maximum atomic E-state index is 2.58. The largest absolute Gasteiger partial charge is 0.309 e. The number of nitrogens with zero attached hydrogens (tertiary/aromatic N) is 1. The van der Waals surface area contributed by atoms with Gasteiger partial charge in [0, 0.05) is 31.4 Å². The summed E-state index contributed by atoms with van der Waals surface area (Å²) in [5.74, 6) is 0. The maximum Gasteiger partial charge on any atom is 0.0746 e. The first-order chi connectivity index (χ1) is 28.3. The average molecular weight is 742 g/mol. The summed E-state index contributed by atoms with van der Waals surface area (Å²) in [7, 11) is 0. The third kappa shape index (κ3) is 4.56. The van der Waals surface area contributed by atoms with Crippen LogP contribution in [0.1, 0.15) is 22.3 Å². The standard InChI is InChI=1S/C55H35NS/c1-3-17-36(18-4-1)39-34-33-38(35-45(39)37-19-5-2-6-20-37)56(49-29-16-32-52-53(49)44-24-10-14-31-51(44)57-52)50-30-15-25-43-42-23-9-13-28-48(42)55(54(43)50)46-26-11-7-21-40(46)41-22-8-12-27-47(41)55/h1-35H.